The van der Waals surface area contributed by atoms with E-state index in [-0.39, 0.29) is 6.04 Å². The van der Waals surface area contributed by atoms with Gasteiger partial charge in [-0.1, -0.05) is 15.9 Å². The van der Waals surface area contributed by atoms with E-state index in [1.807, 2.05) is 12.1 Å². The van der Waals surface area contributed by atoms with Crippen LogP contribution in [0.1, 0.15) is 0 Å². The first-order valence-electron chi connectivity index (χ1n) is 4.59. The van der Waals surface area contributed by atoms with Gasteiger partial charge in [-0.2, -0.15) is 0 Å². The topological polar surface area (TPSA) is 47.3 Å². The van der Waals surface area contributed by atoms with E-state index >= 15 is 0 Å². The molecule has 0 spiro atoms. The Bertz CT molecular complexity index is 281. The number of benzene rings is 1. The summed E-state index contributed by atoms with van der Waals surface area (Å²) in [6.45, 7) is 0.625. The molecule has 15 heavy (non-hydrogen) atoms. The van der Waals surface area contributed by atoms with Crippen LogP contribution in [0, 0.1) is 0 Å². The summed E-state index contributed by atoms with van der Waals surface area (Å²) in [6, 6.07) is 8.40. The number of halogens is 1. The van der Waals surface area contributed by atoms with Crippen molar-refractivity contribution < 1.29 is 4.74 Å². The van der Waals surface area contributed by atoms with Crippen LogP contribution < -0.4 is 11.3 Å². The molecule has 0 aliphatic heterocycles. The summed E-state index contributed by atoms with van der Waals surface area (Å²) >= 11 is 5.16. The monoisotopic (exact) mass is 290 g/mol. The summed E-state index contributed by atoms with van der Waals surface area (Å²) in [5.41, 5.74) is 2.73. The lowest BCUT2D eigenvalue weighted by Gasteiger charge is -2.13. The van der Waals surface area contributed by atoms with Crippen molar-refractivity contribution in [1.82, 2.24) is 5.43 Å². The highest BCUT2D eigenvalue weighted by atomic mass is 79.9. The van der Waals surface area contributed by atoms with Gasteiger partial charge in [0.2, 0.25) is 0 Å². The first-order valence-corrected chi connectivity index (χ1v) is 6.37. The van der Waals surface area contributed by atoms with Gasteiger partial charge in [-0.3, -0.25) is 11.3 Å². The van der Waals surface area contributed by atoms with Crippen LogP contribution in [0.4, 0.5) is 0 Å². The quantitative estimate of drug-likeness (QED) is 0.478. The van der Waals surface area contributed by atoms with Crippen molar-refractivity contribution >= 4 is 27.7 Å². The van der Waals surface area contributed by atoms with Gasteiger partial charge in [0, 0.05) is 22.2 Å². The normalized spacial score (nSPS) is 12.7. The highest BCUT2D eigenvalue weighted by Gasteiger charge is 2.06. The molecule has 84 valence electrons. The number of thioether (sulfide) groups is 1. The Morgan fingerprint density at radius 1 is 1.47 bits per heavy atom. The smallest absolute Gasteiger partial charge is 0.0637 e. The molecular weight excluding hydrogens is 276 g/mol. The van der Waals surface area contributed by atoms with Crippen molar-refractivity contribution in [2.45, 2.75) is 10.9 Å². The first kappa shape index (κ1) is 13.0. The molecule has 3 N–H and O–H groups in total. The molecule has 1 aromatic rings. The molecule has 1 aromatic carbocycles. The van der Waals surface area contributed by atoms with Crippen molar-refractivity contribution in [3.05, 3.63) is 28.7 Å². The molecule has 0 fully saturated rings. The lowest BCUT2D eigenvalue weighted by atomic mass is 10.4. The van der Waals surface area contributed by atoms with Crippen LogP contribution in [0.5, 0.6) is 0 Å². The Hall–Kier alpha value is -0.0700. The number of hydrazine groups is 1. The molecule has 0 aromatic heterocycles. The lowest BCUT2D eigenvalue weighted by molar-refractivity contribution is 0.174. The van der Waals surface area contributed by atoms with E-state index < -0.39 is 0 Å². The maximum absolute atomic E-state index is 5.40. The molecule has 0 aliphatic carbocycles. The lowest BCUT2D eigenvalue weighted by Crippen LogP contribution is -2.40. The molecule has 0 heterocycles. The number of hydrogen-bond donors (Lipinski definition) is 2. The second-order valence-corrected chi connectivity index (χ2v) is 5.09. The third kappa shape index (κ3) is 4.99. The van der Waals surface area contributed by atoms with Gasteiger partial charge in [-0.25, -0.2) is 0 Å². The van der Waals surface area contributed by atoms with Gasteiger partial charge in [0.1, 0.15) is 0 Å². The average molecular weight is 291 g/mol. The highest BCUT2D eigenvalue weighted by Crippen LogP contribution is 2.21. The van der Waals surface area contributed by atoms with Crippen LogP contribution in [0.15, 0.2) is 33.6 Å². The molecule has 0 saturated heterocycles. The molecule has 1 atom stereocenters. The van der Waals surface area contributed by atoms with Gasteiger partial charge in [-0.15, -0.1) is 11.8 Å². The molecular formula is C10H15BrN2OS. The van der Waals surface area contributed by atoms with Crippen molar-refractivity contribution in [1.29, 1.82) is 0 Å². The predicted octanol–water partition coefficient (Wildman–Crippen LogP) is 2.02. The second-order valence-electron chi connectivity index (χ2n) is 3.08. The maximum Gasteiger partial charge on any atom is 0.0637 e. The van der Waals surface area contributed by atoms with Crippen LogP contribution in [-0.4, -0.2) is 25.5 Å². The zero-order chi connectivity index (χ0) is 11.1. The zero-order valence-electron chi connectivity index (χ0n) is 8.57. The van der Waals surface area contributed by atoms with Crippen LogP contribution in [-0.2, 0) is 4.74 Å². The van der Waals surface area contributed by atoms with Crippen LogP contribution >= 0.6 is 27.7 Å². The van der Waals surface area contributed by atoms with E-state index in [4.69, 9.17) is 10.6 Å². The van der Waals surface area contributed by atoms with Gasteiger partial charge in [0.15, 0.2) is 0 Å². The molecule has 0 radical (unpaired) electrons. The fraction of sp³-hybridized carbons (Fsp3) is 0.400. The van der Waals surface area contributed by atoms with E-state index in [1.54, 1.807) is 18.9 Å². The molecule has 1 rings (SSSR count). The summed E-state index contributed by atoms with van der Waals surface area (Å²) in [6.07, 6.45) is 0. The highest BCUT2D eigenvalue weighted by molar-refractivity contribution is 9.10. The molecule has 3 nitrogen and oxygen atoms in total. The standard InChI is InChI=1S/C10H15BrN2OS/c1-14-6-9(13-12)7-15-10-4-2-8(11)3-5-10/h2-5,9,13H,6-7,12H2,1H3. The Morgan fingerprint density at radius 2 is 2.13 bits per heavy atom. The molecule has 0 bridgehead atoms. The molecule has 0 saturated carbocycles. The Kier molecular flexibility index (Phi) is 6.28. The summed E-state index contributed by atoms with van der Waals surface area (Å²) in [7, 11) is 1.68. The third-order valence-corrected chi connectivity index (χ3v) is 3.57. The zero-order valence-corrected chi connectivity index (χ0v) is 11.0. The summed E-state index contributed by atoms with van der Waals surface area (Å²) < 4.78 is 6.13. The number of hydrogen-bond acceptors (Lipinski definition) is 4. The number of methoxy groups -OCH3 is 1. The predicted molar refractivity (Wildman–Crippen MR) is 67.9 cm³/mol. The Labute approximate surface area is 103 Å². The van der Waals surface area contributed by atoms with Gasteiger partial charge in [0.25, 0.3) is 0 Å². The fourth-order valence-electron chi connectivity index (χ4n) is 1.07. The van der Waals surface area contributed by atoms with Crippen LogP contribution in [0.3, 0.4) is 0 Å². The Balaban J connectivity index is 2.38. The van der Waals surface area contributed by atoms with Crippen molar-refractivity contribution in [3.63, 3.8) is 0 Å². The number of nitrogens with one attached hydrogen (secondary N) is 1. The van der Waals surface area contributed by atoms with Gasteiger partial charge >= 0.3 is 0 Å². The van der Waals surface area contributed by atoms with E-state index in [0.717, 1.165) is 10.2 Å². The average Bonchev–Trinajstić information content (AvgIpc) is 2.26. The van der Waals surface area contributed by atoms with Crippen LogP contribution in [0.2, 0.25) is 0 Å². The number of ether oxygens (including phenoxy) is 1. The summed E-state index contributed by atoms with van der Waals surface area (Å²) in [5.74, 6) is 6.29. The van der Waals surface area contributed by atoms with E-state index in [2.05, 4.69) is 33.5 Å². The molecule has 5 heteroatoms. The van der Waals surface area contributed by atoms with Gasteiger partial charge in [0.05, 0.1) is 12.6 Å². The van der Waals surface area contributed by atoms with Crippen molar-refractivity contribution in [3.8, 4) is 0 Å². The minimum atomic E-state index is 0.184. The largest absolute Gasteiger partial charge is 0.383 e. The van der Waals surface area contributed by atoms with Crippen molar-refractivity contribution in [2.75, 3.05) is 19.5 Å². The molecule has 0 aliphatic rings. The fourth-order valence-corrected chi connectivity index (χ4v) is 2.25. The first-order chi connectivity index (χ1) is 7.26. The SMILES string of the molecule is COCC(CSc1ccc(Br)cc1)NN. The minimum Gasteiger partial charge on any atom is -0.383 e. The molecule has 1 unspecified atom stereocenters. The van der Waals surface area contributed by atoms with Gasteiger partial charge in [-0.05, 0) is 24.3 Å². The minimum absolute atomic E-state index is 0.184. The summed E-state index contributed by atoms with van der Waals surface area (Å²) in [4.78, 5) is 1.23. The summed E-state index contributed by atoms with van der Waals surface area (Å²) in [5, 5.41) is 0. The number of nitrogens with two attached hydrogens (primary N) is 1. The van der Waals surface area contributed by atoms with Crippen molar-refractivity contribution in [2.24, 2.45) is 5.84 Å². The third-order valence-electron chi connectivity index (χ3n) is 1.87. The second kappa shape index (κ2) is 7.24. The van der Waals surface area contributed by atoms with E-state index in [9.17, 15) is 0 Å². The van der Waals surface area contributed by atoms with Crippen LogP contribution in [0.25, 0.3) is 0 Å². The van der Waals surface area contributed by atoms with Gasteiger partial charge < -0.3 is 4.74 Å². The number of rotatable bonds is 6. The molecule has 0 amide bonds. The van der Waals surface area contributed by atoms with E-state index in [0.29, 0.717) is 6.61 Å². The maximum atomic E-state index is 5.40. The van der Waals surface area contributed by atoms with E-state index in [1.165, 1.54) is 4.90 Å². The Morgan fingerprint density at radius 3 is 2.67 bits per heavy atom.